The topological polar surface area (TPSA) is 95.9 Å². The van der Waals surface area contributed by atoms with Gasteiger partial charge in [-0.25, -0.2) is 0 Å². The van der Waals surface area contributed by atoms with Crippen molar-refractivity contribution in [3.8, 4) is 0 Å². The maximum atomic E-state index is 12.5. The van der Waals surface area contributed by atoms with Crippen LogP contribution in [-0.4, -0.2) is 47.4 Å². The number of amides is 1. The summed E-state index contributed by atoms with van der Waals surface area (Å²) in [7, 11) is 0. The van der Waals surface area contributed by atoms with Crippen molar-refractivity contribution in [1.29, 1.82) is 0 Å². The van der Waals surface area contributed by atoms with Crippen LogP contribution < -0.4 is 5.32 Å². The monoisotopic (exact) mass is 1220 g/mol. The fourth-order valence-electron chi connectivity index (χ4n) is 12.1. The van der Waals surface area contributed by atoms with Crippen LogP contribution >= 0.6 is 0 Å². The molecule has 0 aromatic heterocycles. The van der Waals surface area contributed by atoms with E-state index >= 15 is 0 Å². The van der Waals surface area contributed by atoms with Crippen LogP contribution in [0.2, 0.25) is 0 Å². The molecule has 0 rings (SSSR count). The number of esters is 1. The van der Waals surface area contributed by atoms with Crippen molar-refractivity contribution in [3.05, 3.63) is 60.8 Å². The molecule has 2 atom stereocenters. The molecule has 6 heteroatoms. The number of carbonyl (C=O) groups is 2. The van der Waals surface area contributed by atoms with Gasteiger partial charge in [-0.15, -0.1) is 0 Å². The second-order valence-corrected chi connectivity index (χ2v) is 26.7. The lowest BCUT2D eigenvalue weighted by atomic mass is 10.0. The zero-order valence-corrected chi connectivity index (χ0v) is 58.5. The molecule has 3 N–H and O–H groups in total. The first-order valence-electron chi connectivity index (χ1n) is 39.1. The Morgan fingerprint density at radius 3 is 0.897 bits per heavy atom. The van der Waals surface area contributed by atoms with Crippen LogP contribution in [0.5, 0.6) is 0 Å². The lowest BCUT2D eigenvalue weighted by Crippen LogP contribution is -2.45. The highest BCUT2D eigenvalue weighted by molar-refractivity contribution is 5.76. The van der Waals surface area contributed by atoms with Gasteiger partial charge in [0.15, 0.2) is 0 Å². The molecule has 0 saturated heterocycles. The third-order valence-electron chi connectivity index (χ3n) is 18.0. The van der Waals surface area contributed by atoms with E-state index in [1.165, 1.54) is 334 Å². The summed E-state index contributed by atoms with van der Waals surface area (Å²) in [6.45, 7) is 4.91. The molecule has 0 bridgehead atoms. The fraction of sp³-hybridized carbons (Fsp3) is 0.852. The number of hydrogen-bond donors (Lipinski definition) is 3. The summed E-state index contributed by atoms with van der Waals surface area (Å²) in [6.07, 6.45) is 102. The Hall–Kier alpha value is -2.44. The first-order chi connectivity index (χ1) is 43.0. The minimum absolute atomic E-state index is 0.00631. The van der Waals surface area contributed by atoms with E-state index in [1.54, 1.807) is 6.08 Å². The van der Waals surface area contributed by atoms with E-state index in [0.717, 1.165) is 57.8 Å². The Bertz CT molecular complexity index is 1500. The molecule has 6 nitrogen and oxygen atoms in total. The zero-order chi connectivity index (χ0) is 62.8. The molecular formula is C81H151NO5. The third kappa shape index (κ3) is 72.5. The molecule has 0 spiro atoms. The number of ether oxygens (including phenoxy) is 1. The van der Waals surface area contributed by atoms with Crippen LogP contribution in [0.1, 0.15) is 418 Å². The number of carbonyl (C=O) groups excluding carboxylic acids is 2. The smallest absolute Gasteiger partial charge is 0.305 e. The third-order valence-corrected chi connectivity index (χ3v) is 18.0. The molecule has 0 saturated carbocycles. The molecule has 0 heterocycles. The van der Waals surface area contributed by atoms with Crippen LogP contribution in [0.3, 0.4) is 0 Å². The van der Waals surface area contributed by atoms with Crippen LogP contribution in [-0.2, 0) is 14.3 Å². The average Bonchev–Trinajstić information content (AvgIpc) is 3.53. The summed E-state index contributed by atoms with van der Waals surface area (Å²) < 4.78 is 5.50. The summed E-state index contributed by atoms with van der Waals surface area (Å²) in [6, 6.07) is -0.628. The summed E-state index contributed by atoms with van der Waals surface area (Å²) in [5, 5.41) is 23.3. The molecule has 2 unspecified atom stereocenters. The Morgan fingerprint density at radius 1 is 0.322 bits per heavy atom. The number of aliphatic hydroxyl groups excluding tert-OH is 2. The largest absolute Gasteiger partial charge is 0.466 e. The van der Waals surface area contributed by atoms with E-state index in [4.69, 9.17) is 4.74 Å². The van der Waals surface area contributed by atoms with Crippen LogP contribution in [0.15, 0.2) is 60.8 Å². The van der Waals surface area contributed by atoms with E-state index in [1.807, 2.05) is 6.08 Å². The number of rotatable bonds is 73. The number of allylic oxidation sites excluding steroid dienone is 9. The molecule has 0 radical (unpaired) electrons. The highest BCUT2D eigenvalue weighted by Gasteiger charge is 2.18. The lowest BCUT2D eigenvalue weighted by Gasteiger charge is -2.20. The van der Waals surface area contributed by atoms with Gasteiger partial charge in [0.2, 0.25) is 5.91 Å². The number of hydrogen-bond acceptors (Lipinski definition) is 5. The number of nitrogens with one attached hydrogen (secondary N) is 1. The van der Waals surface area contributed by atoms with Crippen LogP contribution in [0, 0.1) is 0 Å². The summed E-state index contributed by atoms with van der Waals surface area (Å²) in [5.74, 6) is -0.0564. The molecule has 0 fully saturated rings. The molecule has 0 aliphatic carbocycles. The van der Waals surface area contributed by atoms with Gasteiger partial charge < -0.3 is 20.3 Å². The average molecular weight is 1220 g/mol. The molecule has 0 aromatic rings. The molecule has 510 valence electrons. The second kappa shape index (κ2) is 76.0. The number of aliphatic hydroxyl groups is 2. The minimum Gasteiger partial charge on any atom is -0.466 e. The van der Waals surface area contributed by atoms with Crippen molar-refractivity contribution in [2.75, 3.05) is 13.2 Å². The Balaban J connectivity index is 3.40. The van der Waals surface area contributed by atoms with Gasteiger partial charge in [-0.3, -0.25) is 9.59 Å². The first-order valence-corrected chi connectivity index (χ1v) is 39.1. The second-order valence-electron chi connectivity index (χ2n) is 26.7. The van der Waals surface area contributed by atoms with Gasteiger partial charge in [0, 0.05) is 12.8 Å². The fourth-order valence-corrected chi connectivity index (χ4v) is 12.1. The number of unbranched alkanes of at least 4 members (excludes halogenated alkanes) is 54. The Kier molecular flexibility index (Phi) is 73.9. The van der Waals surface area contributed by atoms with Gasteiger partial charge in [-0.05, 0) is 96.3 Å². The van der Waals surface area contributed by atoms with Gasteiger partial charge in [0.05, 0.1) is 25.4 Å². The predicted molar refractivity (Wildman–Crippen MR) is 384 cm³/mol. The molecule has 87 heavy (non-hydrogen) atoms. The highest BCUT2D eigenvalue weighted by Crippen LogP contribution is 2.19. The standard InChI is InChI=1S/C81H151NO5/c1-3-5-7-9-11-13-15-17-19-21-22-38-42-45-49-53-57-61-65-69-73-79(84)78(77-83)82-80(85)74-70-66-62-58-54-50-46-43-39-36-34-32-30-28-26-24-23-25-27-29-31-33-35-37-40-44-48-52-56-60-64-68-72-76-87-81(86)75-71-67-63-59-55-51-47-41-20-18-16-14-12-10-8-6-4-2/h12,14,18,20,27,29,33,35,69,73,78-79,83-84H,3-11,13,15-17,19,21-26,28,30-32,34,36-68,70-72,74-77H2,1-2H3,(H,82,85)/b14-12-,20-18-,29-27-,35-33-,73-69+. The van der Waals surface area contributed by atoms with Crippen molar-refractivity contribution >= 4 is 11.9 Å². The van der Waals surface area contributed by atoms with Crippen LogP contribution in [0.25, 0.3) is 0 Å². The summed E-state index contributed by atoms with van der Waals surface area (Å²) >= 11 is 0. The molecule has 0 aliphatic heterocycles. The van der Waals surface area contributed by atoms with E-state index in [-0.39, 0.29) is 18.5 Å². The predicted octanol–water partition coefficient (Wildman–Crippen LogP) is 25.8. The lowest BCUT2D eigenvalue weighted by molar-refractivity contribution is -0.143. The Labute approximate surface area is 543 Å². The maximum absolute atomic E-state index is 12.5. The summed E-state index contributed by atoms with van der Waals surface area (Å²) in [5.41, 5.74) is 0. The normalized spacial score (nSPS) is 12.8. The van der Waals surface area contributed by atoms with Gasteiger partial charge in [0.25, 0.3) is 0 Å². The van der Waals surface area contributed by atoms with Crippen molar-refractivity contribution in [2.24, 2.45) is 0 Å². The summed E-state index contributed by atoms with van der Waals surface area (Å²) in [4.78, 5) is 24.6. The molecular weight excluding hydrogens is 1070 g/mol. The van der Waals surface area contributed by atoms with E-state index in [9.17, 15) is 19.8 Å². The van der Waals surface area contributed by atoms with Crippen molar-refractivity contribution < 1.29 is 24.5 Å². The van der Waals surface area contributed by atoms with E-state index in [0.29, 0.717) is 19.4 Å². The maximum Gasteiger partial charge on any atom is 0.305 e. The van der Waals surface area contributed by atoms with Crippen molar-refractivity contribution in [2.45, 2.75) is 431 Å². The molecule has 1 amide bonds. The first kappa shape index (κ1) is 84.6. The Morgan fingerprint density at radius 2 is 0.575 bits per heavy atom. The van der Waals surface area contributed by atoms with Gasteiger partial charge in [-0.2, -0.15) is 0 Å². The quantitative estimate of drug-likeness (QED) is 0.0320. The van der Waals surface area contributed by atoms with Crippen molar-refractivity contribution in [1.82, 2.24) is 5.32 Å². The van der Waals surface area contributed by atoms with Gasteiger partial charge in [0.1, 0.15) is 0 Å². The highest BCUT2D eigenvalue weighted by atomic mass is 16.5. The van der Waals surface area contributed by atoms with E-state index < -0.39 is 12.1 Å². The van der Waals surface area contributed by atoms with Crippen molar-refractivity contribution in [3.63, 3.8) is 0 Å². The minimum atomic E-state index is -0.845. The van der Waals surface area contributed by atoms with Crippen LogP contribution in [0.4, 0.5) is 0 Å². The molecule has 0 aromatic carbocycles. The van der Waals surface area contributed by atoms with Gasteiger partial charge >= 0.3 is 5.97 Å². The SMILES string of the molecule is CCCCC/C=C\C/C=C\CCCCCCCCCC(=O)OCCCCCCCCCCC/C=C\C/C=C\CCCCCCCCCCCCCCCCCCCC(=O)NC(CO)C(O)/C=C/CCCCCCCCCCCCCCCCCCCC. The molecule has 0 aliphatic rings. The van der Waals surface area contributed by atoms with Gasteiger partial charge in [-0.1, -0.05) is 370 Å². The van der Waals surface area contributed by atoms with E-state index in [2.05, 4.69) is 67.8 Å². The zero-order valence-electron chi connectivity index (χ0n) is 58.5.